The maximum Gasteiger partial charge on any atom is 0.227 e. The first-order chi connectivity index (χ1) is 14.9. The highest BCUT2D eigenvalue weighted by Crippen LogP contribution is 2.70. The normalized spacial score (nSPS) is 36.0. The van der Waals surface area contributed by atoms with Crippen LogP contribution in [0.3, 0.4) is 0 Å². The summed E-state index contributed by atoms with van der Waals surface area (Å²) < 4.78 is 6.39. The standard InChI is InChI=1S/C26H36N2O3/c1-4-6-21(29)27-24-25(2,3)18-15-20-23(31-14-12-26(20,24)16-18)17-8-10-19(11-9-17)28-13-5-7-22(28)30/h8-11,18,20,23-24H,4-7,12-16H2,1-3H3,(H,27,29)/t18-,20-,23-,24+,26?/m1/s1. The molecular weight excluding hydrogens is 388 g/mol. The summed E-state index contributed by atoms with van der Waals surface area (Å²) in [6.45, 7) is 8.34. The van der Waals surface area contributed by atoms with E-state index in [9.17, 15) is 9.59 Å². The summed E-state index contributed by atoms with van der Waals surface area (Å²) in [4.78, 5) is 26.6. The lowest BCUT2D eigenvalue weighted by atomic mass is 9.59. The number of hydrogen-bond donors (Lipinski definition) is 1. The van der Waals surface area contributed by atoms with Gasteiger partial charge in [0.1, 0.15) is 0 Å². The van der Waals surface area contributed by atoms with E-state index in [2.05, 4.69) is 50.4 Å². The van der Waals surface area contributed by atoms with Gasteiger partial charge in [-0.15, -0.1) is 0 Å². The zero-order valence-electron chi connectivity index (χ0n) is 19.2. The summed E-state index contributed by atoms with van der Waals surface area (Å²) in [6.07, 6.45) is 6.56. The third-order valence-electron chi connectivity index (χ3n) is 8.89. The van der Waals surface area contributed by atoms with Crippen molar-refractivity contribution in [3.05, 3.63) is 29.8 Å². The van der Waals surface area contributed by atoms with Crippen LogP contribution in [0.15, 0.2) is 24.3 Å². The van der Waals surface area contributed by atoms with Crippen LogP contribution >= 0.6 is 0 Å². The van der Waals surface area contributed by atoms with Crippen LogP contribution in [-0.4, -0.2) is 31.0 Å². The molecule has 5 rings (SSSR count). The molecule has 5 atom stereocenters. The minimum Gasteiger partial charge on any atom is -0.373 e. The van der Waals surface area contributed by atoms with Crippen molar-refractivity contribution in [1.82, 2.24) is 5.32 Å². The van der Waals surface area contributed by atoms with Crippen molar-refractivity contribution in [2.24, 2.45) is 22.7 Å². The molecule has 1 aromatic rings. The Balaban J connectivity index is 1.40. The van der Waals surface area contributed by atoms with Gasteiger partial charge in [-0.05, 0) is 72.5 Å². The average Bonchev–Trinajstić information content (AvgIpc) is 3.40. The van der Waals surface area contributed by atoms with Crippen LogP contribution in [0.1, 0.15) is 77.4 Å². The van der Waals surface area contributed by atoms with Crippen LogP contribution in [0.4, 0.5) is 5.69 Å². The van der Waals surface area contributed by atoms with Crippen molar-refractivity contribution < 1.29 is 14.3 Å². The smallest absolute Gasteiger partial charge is 0.227 e. The number of rotatable bonds is 5. The van der Waals surface area contributed by atoms with Crippen LogP contribution in [0.5, 0.6) is 0 Å². The van der Waals surface area contributed by atoms with Gasteiger partial charge in [-0.25, -0.2) is 0 Å². The summed E-state index contributed by atoms with van der Waals surface area (Å²) in [7, 11) is 0. The van der Waals surface area contributed by atoms with Crippen LogP contribution in [0.2, 0.25) is 0 Å². The highest BCUT2D eigenvalue weighted by Gasteiger charge is 2.68. The fourth-order valence-corrected chi connectivity index (χ4v) is 7.34. The van der Waals surface area contributed by atoms with Gasteiger partial charge < -0.3 is 15.0 Å². The fourth-order valence-electron chi connectivity index (χ4n) is 7.34. The lowest BCUT2D eigenvalue weighted by Crippen LogP contribution is -2.58. The maximum absolute atomic E-state index is 12.6. The van der Waals surface area contributed by atoms with Gasteiger partial charge in [-0.2, -0.15) is 0 Å². The third kappa shape index (κ3) is 3.23. The SMILES string of the molecule is CCCC(=O)N[C@H]1C(C)(C)[C@@H]2C[C@@H]3[C@@H](c4ccc(N5CCCC5=O)cc4)OCCC31C2. The first-order valence-corrected chi connectivity index (χ1v) is 12.2. The van der Waals surface area contributed by atoms with E-state index in [4.69, 9.17) is 4.74 Å². The van der Waals surface area contributed by atoms with Gasteiger partial charge in [0.05, 0.1) is 6.10 Å². The summed E-state index contributed by atoms with van der Waals surface area (Å²) in [5.41, 5.74) is 2.46. The molecule has 2 amide bonds. The molecule has 4 aliphatic rings. The lowest BCUT2D eigenvalue weighted by molar-refractivity contribution is -0.137. The molecule has 2 bridgehead atoms. The molecule has 2 aliphatic heterocycles. The minimum atomic E-state index is 0.0729. The minimum absolute atomic E-state index is 0.0729. The number of ether oxygens (including phenoxy) is 1. The van der Waals surface area contributed by atoms with Crippen LogP contribution in [0.25, 0.3) is 0 Å². The van der Waals surface area contributed by atoms with E-state index >= 15 is 0 Å². The molecule has 5 nitrogen and oxygen atoms in total. The highest BCUT2D eigenvalue weighted by molar-refractivity contribution is 5.95. The Morgan fingerprint density at radius 1 is 1.26 bits per heavy atom. The molecule has 2 aliphatic carbocycles. The fraction of sp³-hybridized carbons (Fsp3) is 0.692. The molecule has 31 heavy (non-hydrogen) atoms. The molecule has 4 fully saturated rings. The quantitative estimate of drug-likeness (QED) is 0.751. The Kier molecular flexibility index (Phi) is 5.16. The van der Waals surface area contributed by atoms with E-state index in [1.54, 1.807) is 0 Å². The predicted octanol–water partition coefficient (Wildman–Crippen LogP) is 4.61. The number of fused-ring (bicyclic) bond motifs is 1. The van der Waals surface area contributed by atoms with Gasteiger partial charge in [0.15, 0.2) is 0 Å². The van der Waals surface area contributed by atoms with Crippen LogP contribution in [0, 0.1) is 22.7 Å². The molecule has 1 N–H and O–H groups in total. The van der Waals surface area contributed by atoms with E-state index < -0.39 is 0 Å². The molecule has 1 unspecified atom stereocenters. The second-order valence-electron chi connectivity index (χ2n) is 10.8. The predicted molar refractivity (Wildman–Crippen MR) is 121 cm³/mol. The molecule has 5 heteroatoms. The van der Waals surface area contributed by atoms with Gasteiger partial charge in [0, 0.05) is 37.7 Å². The molecule has 1 spiro atoms. The van der Waals surface area contributed by atoms with Crippen molar-refractivity contribution >= 4 is 17.5 Å². The molecular formula is C26H36N2O3. The van der Waals surface area contributed by atoms with Gasteiger partial charge in [0.2, 0.25) is 11.8 Å². The van der Waals surface area contributed by atoms with Gasteiger partial charge in [-0.3, -0.25) is 9.59 Å². The Labute approximate surface area is 185 Å². The average molecular weight is 425 g/mol. The van der Waals surface area contributed by atoms with Crippen molar-refractivity contribution in [3.63, 3.8) is 0 Å². The van der Waals surface area contributed by atoms with E-state index in [0.29, 0.717) is 24.7 Å². The number of carbonyl (C=O) groups excluding carboxylic acids is 2. The summed E-state index contributed by atoms with van der Waals surface area (Å²) >= 11 is 0. The number of nitrogens with zero attached hydrogens (tertiary/aromatic N) is 1. The molecule has 2 saturated carbocycles. The van der Waals surface area contributed by atoms with Gasteiger partial charge in [0.25, 0.3) is 0 Å². The van der Waals surface area contributed by atoms with E-state index in [1.165, 1.54) is 18.4 Å². The number of amides is 2. The number of hydrogen-bond acceptors (Lipinski definition) is 3. The number of carbonyl (C=O) groups is 2. The first kappa shape index (κ1) is 21.0. The Hall–Kier alpha value is -1.88. The molecule has 1 aromatic carbocycles. The Bertz CT molecular complexity index is 864. The zero-order valence-corrected chi connectivity index (χ0v) is 19.2. The molecule has 2 heterocycles. The topological polar surface area (TPSA) is 58.6 Å². The third-order valence-corrected chi connectivity index (χ3v) is 8.89. The van der Waals surface area contributed by atoms with Crippen molar-refractivity contribution in [3.8, 4) is 0 Å². The summed E-state index contributed by atoms with van der Waals surface area (Å²) in [5.74, 6) is 1.48. The van der Waals surface area contributed by atoms with E-state index in [-0.39, 0.29) is 34.8 Å². The van der Waals surface area contributed by atoms with Crippen molar-refractivity contribution in [2.45, 2.75) is 77.9 Å². The van der Waals surface area contributed by atoms with Crippen molar-refractivity contribution in [1.29, 1.82) is 0 Å². The monoisotopic (exact) mass is 424 g/mol. The maximum atomic E-state index is 12.6. The Morgan fingerprint density at radius 2 is 2.03 bits per heavy atom. The highest BCUT2D eigenvalue weighted by atomic mass is 16.5. The van der Waals surface area contributed by atoms with Gasteiger partial charge >= 0.3 is 0 Å². The second kappa shape index (κ2) is 7.61. The molecule has 2 saturated heterocycles. The van der Waals surface area contributed by atoms with Gasteiger partial charge in [-0.1, -0.05) is 32.9 Å². The lowest BCUT2D eigenvalue weighted by Gasteiger charge is -2.53. The largest absolute Gasteiger partial charge is 0.373 e. The van der Waals surface area contributed by atoms with Crippen LogP contribution in [-0.2, 0) is 14.3 Å². The Morgan fingerprint density at radius 3 is 2.71 bits per heavy atom. The summed E-state index contributed by atoms with van der Waals surface area (Å²) in [6, 6.07) is 8.70. The summed E-state index contributed by atoms with van der Waals surface area (Å²) in [5, 5.41) is 3.48. The number of anilines is 1. The van der Waals surface area contributed by atoms with Crippen LogP contribution < -0.4 is 10.2 Å². The first-order valence-electron chi connectivity index (χ1n) is 12.2. The molecule has 0 radical (unpaired) electrons. The second-order valence-corrected chi connectivity index (χ2v) is 10.8. The van der Waals surface area contributed by atoms with E-state index in [1.807, 2.05) is 4.90 Å². The molecule has 0 aromatic heterocycles. The number of benzene rings is 1. The van der Waals surface area contributed by atoms with E-state index in [0.717, 1.165) is 38.1 Å². The zero-order chi connectivity index (χ0) is 21.8. The van der Waals surface area contributed by atoms with Crippen molar-refractivity contribution in [2.75, 3.05) is 18.1 Å². The number of nitrogens with one attached hydrogen (secondary N) is 1. The molecule has 168 valence electrons.